The Morgan fingerprint density at radius 2 is 1.67 bits per heavy atom. The molecule has 0 saturated carbocycles. The highest BCUT2D eigenvalue weighted by molar-refractivity contribution is 14.1. The van der Waals surface area contributed by atoms with Crippen LogP contribution >= 0.6 is 34.2 Å². The lowest BCUT2D eigenvalue weighted by atomic mass is 10.1. The van der Waals surface area contributed by atoms with E-state index in [4.69, 9.17) is 11.6 Å². The van der Waals surface area contributed by atoms with Crippen LogP contribution in [0.1, 0.15) is 0 Å². The van der Waals surface area contributed by atoms with Crippen molar-refractivity contribution in [3.63, 3.8) is 0 Å². The second kappa shape index (κ2) is 8.37. The van der Waals surface area contributed by atoms with E-state index in [1.807, 2.05) is 24.3 Å². The average Bonchev–Trinajstić information content (AvgIpc) is 3.12. The summed E-state index contributed by atoms with van der Waals surface area (Å²) in [5.41, 5.74) is 2.00. The quantitative estimate of drug-likeness (QED) is 0.321. The number of benzene rings is 3. The summed E-state index contributed by atoms with van der Waals surface area (Å²) in [6.07, 6.45) is 0. The Bertz CT molecular complexity index is 1310. The summed E-state index contributed by atoms with van der Waals surface area (Å²) < 4.78 is 44.3. The first-order valence-electron chi connectivity index (χ1n) is 8.72. The average molecular weight is 554 g/mol. The van der Waals surface area contributed by atoms with Gasteiger partial charge in [0.1, 0.15) is 11.6 Å². The Labute approximate surface area is 191 Å². The molecule has 0 amide bonds. The van der Waals surface area contributed by atoms with Gasteiger partial charge in [0.05, 0.1) is 16.3 Å². The predicted molar refractivity (Wildman–Crippen MR) is 124 cm³/mol. The number of aromatic nitrogens is 2. The van der Waals surface area contributed by atoms with Crippen LogP contribution < -0.4 is 4.72 Å². The van der Waals surface area contributed by atoms with Crippen molar-refractivity contribution in [3.05, 3.63) is 93.3 Å². The number of halogens is 3. The molecule has 152 valence electrons. The molecular weight excluding hydrogens is 540 g/mol. The molecule has 1 heterocycles. The normalized spacial score (nSPS) is 11.4. The molecule has 9 heteroatoms. The zero-order valence-corrected chi connectivity index (χ0v) is 19.0. The molecule has 4 rings (SSSR count). The number of nitrogens with zero attached hydrogens (tertiary/aromatic N) is 2. The van der Waals surface area contributed by atoms with Gasteiger partial charge in [-0.1, -0.05) is 29.8 Å². The summed E-state index contributed by atoms with van der Waals surface area (Å²) >= 11 is 8.15. The van der Waals surface area contributed by atoms with Gasteiger partial charge < -0.3 is 0 Å². The van der Waals surface area contributed by atoms with Crippen LogP contribution in [0.5, 0.6) is 0 Å². The highest BCUT2D eigenvalue weighted by Crippen LogP contribution is 2.28. The first-order valence-corrected chi connectivity index (χ1v) is 11.7. The van der Waals surface area contributed by atoms with E-state index in [0.717, 1.165) is 15.2 Å². The van der Waals surface area contributed by atoms with Gasteiger partial charge in [0.2, 0.25) is 0 Å². The van der Waals surface area contributed by atoms with Crippen LogP contribution in [-0.4, -0.2) is 18.2 Å². The van der Waals surface area contributed by atoms with Gasteiger partial charge in [0.15, 0.2) is 0 Å². The summed E-state index contributed by atoms with van der Waals surface area (Å²) in [5, 5.41) is 5.16. The number of sulfonamides is 1. The molecule has 30 heavy (non-hydrogen) atoms. The fraction of sp³-hybridized carbons (Fsp3) is 0. The molecule has 5 nitrogen and oxygen atoms in total. The Balaban J connectivity index is 1.80. The van der Waals surface area contributed by atoms with Gasteiger partial charge in [0.25, 0.3) is 10.0 Å². The lowest BCUT2D eigenvalue weighted by Gasteiger charge is -2.11. The van der Waals surface area contributed by atoms with Gasteiger partial charge in [0, 0.05) is 20.2 Å². The van der Waals surface area contributed by atoms with Gasteiger partial charge in [-0.3, -0.25) is 4.72 Å². The Morgan fingerprint density at radius 1 is 0.967 bits per heavy atom. The Morgan fingerprint density at radius 3 is 2.33 bits per heavy atom. The van der Waals surface area contributed by atoms with Crippen molar-refractivity contribution in [1.82, 2.24) is 9.78 Å². The molecule has 0 atom stereocenters. The lowest BCUT2D eigenvalue weighted by molar-refractivity contribution is 0.595. The second-order valence-electron chi connectivity index (χ2n) is 6.37. The highest BCUT2D eigenvalue weighted by Gasteiger charge is 2.20. The maximum Gasteiger partial charge on any atom is 0.263 e. The highest BCUT2D eigenvalue weighted by atomic mass is 127. The van der Waals surface area contributed by atoms with E-state index in [1.165, 1.54) is 22.9 Å². The van der Waals surface area contributed by atoms with Gasteiger partial charge in [-0.15, -0.1) is 0 Å². The van der Waals surface area contributed by atoms with Crippen LogP contribution in [0.3, 0.4) is 0 Å². The minimum absolute atomic E-state index is 0.175. The van der Waals surface area contributed by atoms with Gasteiger partial charge in [-0.25, -0.2) is 17.5 Å². The standard InChI is InChI=1S/C21H14ClFIN3O2S/c22-15-6-4-14(5-7-15)20-13-21(27(25-20)18-10-8-17(24)9-11-18)26-30(28,29)19-3-1-2-16(23)12-19/h1-13,26H. The topological polar surface area (TPSA) is 64.0 Å². The molecule has 4 aromatic rings. The van der Waals surface area contributed by atoms with Crippen molar-refractivity contribution in [2.24, 2.45) is 0 Å². The lowest BCUT2D eigenvalue weighted by Crippen LogP contribution is -2.16. The summed E-state index contributed by atoms with van der Waals surface area (Å²) in [5.74, 6) is -0.406. The van der Waals surface area contributed by atoms with E-state index in [-0.39, 0.29) is 10.7 Å². The van der Waals surface area contributed by atoms with Crippen molar-refractivity contribution in [1.29, 1.82) is 0 Å². The summed E-state index contributed by atoms with van der Waals surface area (Å²) in [7, 11) is -4.02. The van der Waals surface area contributed by atoms with Crippen LogP contribution in [-0.2, 0) is 10.0 Å². The zero-order valence-electron chi connectivity index (χ0n) is 15.3. The second-order valence-corrected chi connectivity index (χ2v) is 9.74. The van der Waals surface area contributed by atoms with Gasteiger partial charge in [-0.05, 0) is 77.2 Å². The molecule has 0 aliphatic rings. The maximum absolute atomic E-state index is 13.6. The number of anilines is 1. The van der Waals surface area contributed by atoms with E-state index in [2.05, 4.69) is 32.4 Å². The molecule has 0 fully saturated rings. The molecule has 0 aliphatic heterocycles. The van der Waals surface area contributed by atoms with Crippen molar-refractivity contribution >= 4 is 50.0 Å². The third kappa shape index (κ3) is 4.50. The molecule has 1 aromatic heterocycles. The number of hydrogen-bond donors (Lipinski definition) is 1. The molecular formula is C21H14ClFIN3O2S. The molecule has 1 N–H and O–H groups in total. The molecule has 0 bridgehead atoms. The van der Waals surface area contributed by atoms with E-state index < -0.39 is 15.8 Å². The van der Waals surface area contributed by atoms with Crippen LogP contribution in [0.2, 0.25) is 5.02 Å². The van der Waals surface area contributed by atoms with Crippen molar-refractivity contribution in [2.45, 2.75) is 4.90 Å². The smallest absolute Gasteiger partial charge is 0.263 e. The molecule has 0 spiro atoms. The monoisotopic (exact) mass is 553 g/mol. The van der Waals surface area contributed by atoms with Crippen LogP contribution in [0.25, 0.3) is 16.9 Å². The minimum Gasteiger partial charge on any atom is -0.263 e. The number of nitrogens with one attached hydrogen (secondary N) is 1. The molecule has 0 saturated heterocycles. The van der Waals surface area contributed by atoms with Crippen LogP contribution in [0.4, 0.5) is 10.2 Å². The van der Waals surface area contributed by atoms with Gasteiger partial charge in [-0.2, -0.15) is 5.10 Å². The summed E-state index contributed by atoms with van der Waals surface area (Å²) in [6.45, 7) is 0. The SMILES string of the molecule is O=S(=O)(Nc1cc(-c2ccc(Cl)cc2)nn1-c1ccc(I)cc1)c1cccc(F)c1. The van der Waals surface area contributed by atoms with E-state index >= 15 is 0 Å². The predicted octanol–water partition coefficient (Wildman–Crippen LogP) is 5.74. The van der Waals surface area contributed by atoms with E-state index in [0.29, 0.717) is 16.4 Å². The Hall–Kier alpha value is -2.43. The first kappa shape index (κ1) is 20.8. The van der Waals surface area contributed by atoms with Crippen LogP contribution in [0, 0.1) is 9.39 Å². The summed E-state index contributed by atoms with van der Waals surface area (Å²) in [4.78, 5) is -0.175. The molecule has 0 radical (unpaired) electrons. The first-order chi connectivity index (χ1) is 14.3. The largest absolute Gasteiger partial charge is 0.263 e. The third-order valence-corrected chi connectivity index (χ3v) is 6.59. The summed E-state index contributed by atoms with van der Waals surface area (Å²) in [6, 6.07) is 21.0. The van der Waals surface area contributed by atoms with Gasteiger partial charge >= 0.3 is 0 Å². The van der Waals surface area contributed by atoms with Crippen molar-refractivity contribution in [2.75, 3.05) is 4.72 Å². The third-order valence-electron chi connectivity index (χ3n) is 4.27. The number of rotatable bonds is 5. The fourth-order valence-electron chi connectivity index (χ4n) is 2.83. The van der Waals surface area contributed by atoms with E-state index in [9.17, 15) is 12.8 Å². The Kier molecular flexibility index (Phi) is 5.81. The fourth-order valence-corrected chi connectivity index (χ4v) is 4.37. The van der Waals surface area contributed by atoms with Crippen LogP contribution in [0.15, 0.2) is 83.8 Å². The number of hydrogen-bond acceptors (Lipinski definition) is 3. The maximum atomic E-state index is 13.6. The van der Waals surface area contributed by atoms with Crippen molar-refractivity contribution in [3.8, 4) is 16.9 Å². The minimum atomic E-state index is -4.02. The van der Waals surface area contributed by atoms with Crippen molar-refractivity contribution < 1.29 is 12.8 Å². The zero-order chi connectivity index (χ0) is 21.3. The molecule has 0 unspecified atom stereocenters. The molecule has 0 aliphatic carbocycles. The molecule has 3 aromatic carbocycles. The van der Waals surface area contributed by atoms with E-state index in [1.54, 1.807) is 30.3 Å².